The first-order valence-electron chi connectivity index (χ1n) is 8.90. The topological polar surface area (TPSA) is 27.3 Å². The number of nitrogens with one attached hydrogen (secondary N) is 2. The number of benzene rings is 2. The molecule has 0 saturated carbocycles. The lowest BCUT2D eigenvalue weighted by atomic mass is 10.1. The largest absolute Gasteiger partial charge is 0.372 e. The molecule has 3 nitrogen and oxygen atoms in total. The summed E-state index contributed by atoms with van der Waals surface area (Å²) in [5, 5.41) is 6.82. The van der Waals surface area contributed by atoms with Crippen molar-refractivity contribution in [2.75, 3.05) is 23.3 Å². The van der Waals surface area contributed by atoms with Gasteiger partial charge in [0.15, 0.2) is 5.11 Å². The van der Waals surface area contributed by atoms with Crippen LogP contribution in [0, 0.1) is 5.82 Å². The maximum atomic E-state index is 13.2. The maximum absolute atomic E-state index is 13.2. The van der Waals surface area contributed by atoms with Gasteiger partial charge in [-0.15, -0.1) is 0 Å². The highest BCUT2D eigenvalue weighted by atomic mass is 35.5. The van der Waals surface area contributed by atoms with Gasteiger partial charge < -0.3 is 15.5 Å². The van der Waals surface area contributed by atoms with Crippen LogP contribution in [-0.2, 0) is 0 Å². The Morgan fingerprint density at radius 3 is 2.46 bits per heavy atom. The number of halogens is 2. The molecule has 1 aliphatic heterocycles. The molecule has 1 unspecified atom stereocenters. The lowest BCUT2D eigenvalue weighted by Crippen LogP contribution is -2.31. The summed E-state index contributed by atoms with van der Waals surface area (Å²) >= 11 is 11.1. The molecule has 0 radical (unpaired) electrons. The van der Waals surface area contributed by atoms with Gasteiger partial charge in [0.25, 0.3) is 0 Å². The van der Waals surface area contributed by atoms with Crippen LogP contribution in [0.3, 0.4) is 0 Å². The molecule has 1 saturated heterocycles. The molecule has 1 fully saturated rings. The highest BCUT2D eigenvalue weighted by molar-refractivity contribution is 7.80. The molecule has 0 aliphatic carbocycles. The monoisotopic (exact) mass is 391 g/mol. The molecule has 6 heteroatoms. The number of rotatable bonds is 4. The predicted octanol–water partition coefficient (Wildman–Crippen LogP) is 5.52. The Hall–Kier alpha value is -1.85. The van der Waals surface area contributed by atoms with E-state index in [4.69, 9.17) is 23.8 Å². The van der Waals surface area contributed by atoms with Crippen LogP contribution in [0.5, 0.6) is 0 Å². The van der Waals surface area contributed by atoms with Gasteiger partial charge in [-0.05, 0) is 74.3 Å². The highest BCUT2D eigenvalue weighted by Gasteiger charge is 2.12. The molecular weight excluding hydrogens is 369 g/mol. The zero-order chi connectivity index (χ0) is 18.5. The molecule has 2 aromatic rings. The molecule has 2 N–H and O–H groups in total. The van der Waals surface area contributed by atoms with Crippen molar-refractivity contribution in [1.82, 2.24) is 5.32 Å². The van der Waals surface area contributed by atoms with Crippen molar-refractivity contribution >= 4 is 40.3 Å². The van der Waals surface area contributed by atoms with Gasteiger partial charge in [-0.25, -0.2) is 4.39 Å². The second kappa shape index (κ2) is 8.69. The number of nitrogens with zero attached hydrogens (tertiary/aromatic N) is 1. The number of anilines is 2. The highest BCUT2D eigenvalue weighted by Crippen LogP contribution is 2.23. The summed E-state index contributed by atoms with van der Waals surface area (Å²) in [5.74, 6) is -0.446. The molecule has 0 amide bonds. The van der Waals surface area contributed by atoms with Gasteiger partial charge in [0, 0.05) is 24.5 Å². The first kappa shape index (κ1) is 18.9. The quantitative estimate of drug-likeness (QED) is 0.671. The summed E-state index contributed by atoms with van der Waals surface area (Å²) in [4.78, 5) is 2.44. The minimum absolute atomic E-state index is 0.0568. The fourth-order valence-corrected chi connectivity index (χ4v) is 3.62. The number of thiocarbonyl (C=S) groups is 1. The van der Waals surface area contributed by atoms with Crippen molar-refractivity contribution < 1.29 is 4.39 Å². The Morgan fingerprint density at radius 1 is 1.12 bits per heavy atom. The van der Waals surface area contributed by atoms with Gasteiger partial charge in [-0.3, -0.25) is 0 Å². The standard InChI is InChI=1S/C20H23ClFN3S/c1-14(23-20(26)24-16-7-10-19(22)18(21)13-16)15-5-8-17(9-6-15)25-11-3-2-4-12-25/h5-10,13-14H,2-4,11-12H2,1H3,(H2,23,24,26). The van der Waals surface area contributed by atoms with Gasteiger partial charge in [-0.1, -0.05) is 23.7 Å². The predicted molar refractivity (Wildman–Crippen MR) is 112 cm³/mol. The van der Waals surface area contributed by atoms with Crippen LogP contribution in [0.1, 0.15) is 37.8 Å². The molecule has 0 aromatic heterocycles. The van der Waals surface area contributed by atoms with E-state index in [2.05, 4.69) is 46.7 Å². The molecule has 3 rings (SSSR count). The third kappa shape index (κ3) is 4.86. The minimum Gasteiger partial charge on any atom is -0.372 e. The van der Waals surface area contributed by atoms with Crippen LogP contribution in [0.2, 0.25) is 5.02 Å². The summed E-state index contributed by atoms with van der Waals surface area (Å²) in [7, 11) is 0. The van der Waals surface area contributed by atoms with Crippen LogP contribution in [-0.4, -0.2) is 18.2 Å². The van der Waals surface area contributed by atoms with E-state index in [0.29, 0.717) is 10.8 Å². The maximum Gasteiger partial charge on any atom is 0.171 e. The molecular formula is C20H23ClFN3S. The van der Waals surface area contributed by atoms with Crippen molar-refractivity contribution in [2.45, 2.75) is 32.2 Å². The SMILES string of the molecule is CC(NC(=S)Nc1ccc(F)c(Cl)c1)c1ccc(N2CCCCC2)cc1. The zero-order valence-electron chi connectivity index (χ0n) is 14.8. The van der Waals surface area contributed by atoms with Crippen LogP contribution in [0.25, 0.3) is 0 Å². The summed E-state index contributed by atoms with van der Waals surface area (Å²) in [6.07, 6.45) is 3.87. The lowest BCUT2D eigenvalue weighted by Gasteiger charge is -2.29. The second-order valence-corrected chi connectivity index (χ2v) is 7.40. The normalized spacial score (nSPS) is 15.4. The minimum atomic E-state index is -0.446. The molecule has 138 valence electrons. The van der Waals surface area contributed by atoms with Crippen molar-refractivity contribution in [3.05, 3.63) is 58.9 Å². The van der Waals surface area contributed by atoms with Gasteiger partial charge in [0.1, 0.15) is 5.82 Å². The lowest BCUT2D eigenvalue weighted by molar-refractivity contribution is 0.577. The number of piperidine rings is 1. The second-order valence-electron chi connectivity index (χ2n) is 6.59. The van der Waals surface area contributed by atoms with Crippen molar-refractivity contribution in [2.24, 2.45) is 0 Å². The molecule has 1 atom stereocenters. The summed E-state index contributed by atoms with van der Waals surface area (Å²) in [6, 6.07) is 13.1. The van der Waals surface area contributed by atoms with Crippen molar-refractivity contribution in [3.8, 4) is 0 Å². The molecule has 0 spiro atoms. The van der Waals surface area contributed by atoms with Gasteiger partial charge in [0.2, 0.25) is 0 Å². The smallest absolute Gasteiger partial charge is 0.171 e. The van der Waals surface area contributed by atoms with Gasteiger partial charge in [0.05, 0.1) is 11.1 Å². The van der Waals surface area contributed by atoms with Gasteiger partial charge >= 0.3 is 0 Å². The zero-order valence-corrected chi connectivity index (χ0v) is 16.3. The first-order valence-corrected chi connectivity index (χ1v) is 9.69. The third-order valence-electron chi connectivity index (χ3n) is 4.64. The fraction of sp³-hybridized carbons (Fsp3) is 0.350. The van der Waals surface area contributed by atoms with Crippen LogP contribution in [0.15, 0.2) is 42.5 Å². The molecule has 2 aromatic carbocycles. The third-order valence-corrected chi connectivity index (χ3v) is 5.15. The van der Waals surface area contributed by atoms with Crippen LogP contribution >= 0.6 is 23.8 Å². The number of hydrogen-bond acceptors (Lipinski definition) is 2. The summed E-state index contributed by atoms with van der Waals surface area (Å²) in [6.45, 7) is 4.34. The number of hydrogen-bond donors (Lipinski definition) is 2. The molecule has 0 bridgehead atoms. The fourth-order valence-electron chi connectivity index (χ4n) is 3.15. The molecule has 1 heterocycles. The van der Waals surface area contributed by atoms with E-state index < -0.39 is 5.82 Å². The van der Waals surface area contributed by atoms with Gasteiger partial charge in [-0.2, -0.15) is 0 Å². The van der Waals surface area contributed by atoms with E-state index in [1.807, 2.05) is 0 Å². The van der Waals surface area contributed by atoms with E-state index in [1.165, 1.54) is 37.1 Å². The Bertz CT molecular complexity index is 760. The van der Waals surface area contributed by atoms with Crippen LogP contribution < -0.4 is 15.5 Å². The van der Waals surface area contributed by atoms with E-state index in [-0.39, 0.29) is 11.1 Å². The van der Waals surface area contributed by atoms with Crippen LogP contribution in [0.4, 0.5) is 15.8 Å². The average Bonchev–Trinajstić information content (AvgIpc) is 2.65. The Kier molecular flexibility index (Phi) is 6.33. The van der Waals surface area contributed by atoms with Crippen molar-refractivity contribution in [3.63, 3.8) is 0 Å². The summed E-state index contributed by atoms with van der Waals surface area (Å²) < 4.78 is 13.2. The summed E-state index contributed by atoms with van der Waals surface area (Å²) in [5.41, 5.74) is 3.09. The van der Waals surface area contributed by atoms with E-state index in [0.717, 1.165) is 18.7 Å². The van der Waals surface area contributed by atoms with E-state index in [9.17, 15) is 4.39 Å². The van der Waals surface area contributed by atoms with E-state index >= 15 is 0 Å². The molecule has 26 heavy (non-hydrogen) atoms. The Balaban J connectivity index is 1.57. The first-order chi connectivity index (χ1) is 12.5. The van der Waals surface area contributed by atoms with Crippen molar-refractivity contribution in [1.29, 1.82) is 0 Å². The average molecular weight is 392 g/mol. The Morgan fingerprint density at radius 2 is 1.81 bits per heavy atom. The molecule has 1 aliphatic rings. The van der Waals surface area contributed by atoms with E-state index in [1.54, 1.807) is 6.07 Å². The Labute approximate surface area is 164 Å².